The van der Waals surface area contributed by atoms with Gasteiger partial charge in [0.1, 0.15) is 0 Å². The quantitative estimate of drug-likeness (QED) is 0.137. The van der Waals surface area contributed by atoms with Gasteiger partial charge in [-0.2, -0.15) is 0 Å². The average molecular weight is 721 g/mol. The Morgan fingerprint density at radius 1 is 0.375 bits per heavy atom. The molecule has 0 aliphatic heterocycles. The van der Waals surface area contributed by atoms with E-state index in [2.05, 4.69) is 228 Å². The van der Waals surface area contributed by atoms with E-state index in [0.717, 1.165) is 6.42 Å². The van der Waals surface area contributed by atoms with E-state index in [9.17, 15) is 0 Å². The Balaban J connectivity index is 0.000000108. The number of benzene rings is 9. The first-order valence-electron chi connectivity index (χ1n) is 19.8. The molecule has 1 unspecified atom stereocenters. The van der Waals surface area contributed by atoms with Gasteiger partial charge < -0.3 is 0 Å². The Labute approximate surface area is 332 Å². The van der Waals surface area contributed by atoms with Gasteiger partial charge in [-0.15, -0.1) is 0 Å². The summed E-state index contributed by atoms with van der Waals surface area (Å²) in [5.74, 6) is 0.537. The highest BCUT2D eigenvalue weighted by Crippen LogP contribution is 2.49. The minimum absolute atomic E-state index is 0.537. The number of hydrogen-bond donors (Lipinski definition) is 0. The van der Waals surface area contributed by atoms with E-state index in [1.165, 1.54) is 93.2 Å². The molecule has 1 atom stereocenters. The summed E-state index contributed by atoms with van der Waals surface area (Å²) < 4.78 is 0. The van der Waals surface area contributed by atoms with Crippen molar-refractivity contribution in [3.63, 3.8) is 0 Å². The van der Waals surface area contributed by atoms with Crippen LogP contribution in [0.25, 0.3) is 59.8 Å². The van der Waals surface area contributed by atoms with Crippen molar-refractivity contribution >= 4 is 48.7 Å². The first-order valence-corrected chi connectivity index (χ1v) is 19.8. The number of hydrogen-bond acceptors (Lipinski definition) is 0. The van der Waals surface area contributed by atoms with Crippen molar-refractivity contribution < 1.29 is 0 Å². The van der Waals surface area contributed by atoms with Crippen LogP contribution in [0.15, 0.2) is 200 Å². The second-order valence-corrected chi connectivity index (χ2v) is 15.1. The second-order valence-electron chi connectivity index (χ2n) is 15.1. The molecule has 56 heavy (non-hydrogen) atoms. The molecule has 9 aromatic carbocycles. The number of aryl methyl sites for hydroxylation is 4. The molecule has 0 saturated heterocycles. The number of fused-ring (bicyclic) bond motifs is 11. The van der Waals surface area contributed by atoms with Gasteiger partial charge in [-0.3, -0.25) is 0 Å². The zero-order chi connectivity index (χ0) is 38.4. The Bertz CT molecular complexity index is 2870. The molecule has 272 valence electrons. The average Bonchev–Trinajstić information content (AvgIpc) is 3.25. The third-order valence-corrected chi connectivity index (χ3v) is 11.2. The lowest BCUT2D eigenvalue weighted by molar-refractivity contribution is 0.867. The summed E-state index contributed by atoms with van der Waals surface area (Å²) in [5.41, 5.74) is 12.6. The van der Waals surface area contributed by atoms with Crippen molar-refractivity contribution in [3.8, 4) is 11.1 Å². The van der Waals surface area contributed by atoms with Crippen LogP contribution in [-0.4, -0.2) is 0 Å². The Hall–Kier alpha value is -6.50. The van der Waals surface area contributed by atoms with E-state index in [1.807, 2.05) is 0 Å². The molecule has 0 heteroatoms. The second kappa shape index (κ2) is 16.5. The summed E-state index contributed by atoms with van der Waals surface area (Å²) in [6.07, 6.45) is 7.89. The molecule has 0 bridgehead atoms. The lowest BCUT2D eigenvalue weighted by Crippen LogP contribution is -2.11. The Morgan fingerprint density at radius 2 is 0.964 bits per heavy atom. The molecule has 0 aromatic heterocycles. The molecular weight excluding hydrogens is 673 g/mol. The minimum atomic E-state index is 0.537. The standard InChI is InChI=1S/C19H16.C15H12.2C11H10/c1-13-10-11-18-16-8-3-2-6-14(16)15-7-4-5-9-17(15)19(18)12-13;1-11-10-12-6-2-3-8-14(12)15-9-5-4-7-13(11)15;1-9-5-4-7-10-6-2-3-8-11(9)10;1-9-6-7-10-4-2-3-5-11(10)8-9/h2-7,9-12,16H,8H2,1H3;2-10H,1H3;2*2-8H,1H3. The topological polar surface area (TPSA) is 0 Å². The summed E-state index contributed by atoms with van der Waals surface area (Å²) in [4.78, 5) is 0. The van der Waals surface area contributed by atoms with Crippen molar-refractivity contribution in [3.05, 3.63) is 234 Å². The van der Waals surface area contributed by atoms with Gasteiger partial charge in [0.05, 0.1) is 0 Å². The zero-order valence-corrected chi connectivity index (χ0v) is 32.8. The van der Waals surface area contributed by atoms with E-state index in [4.69, 9.17) is 0 Å². The van der Waals surface area contributed by atoms with Crippen LogP contribution in [0.4, 0.5) is 0 Å². The molecule has 0 radical (unpaired) electrons. The lowest BCUT2D eigenvalue weighted by atomic mass is 9.72. The number of rotatable bonds is 0. The zero-order valence-electron chi connectivity index (χ0n) is 32.8. The molecule has 0 amide bonds. The van der Waals surface area contributed by atoms with Gasteiger partial charge in [0.15, 0.2) is 0 Å². The molecule has 2 aliphatic rings. The van der Waals surface area contributed by atoms with Crippen LogP contribution in [0.5, 0.6) is 0 Å². The Kier molecular flexibility index (Phi) is 10.7. The van der Waals surface area contributed by atoms with Crippen molar-refractivity contribution in [2.24, 2.45) is 0 Å². The molecule has 9 aromatic rings. The van der Waals surface area contributed by atoms with Gasteiger partial charge in [-0.05, 0) is 116 Å². The van der Waals surface area contributed by atoms with Crippen LogP contribution in [0.2, 0.25) is 0 Å². The van der Waals surface area contributed by atoms with Crippen LogP contribution >= 0.6 is 0 Å². The van der Waals surface area contributed by atoms with Crippen molar-refractivity contribution in [1.29, 1.82) is 0 Å². The van der Waals surface area contributed by atoms with Crippen LogP contribution in [-0.2, 0) is 0 Å². The highest BCUT2D eigenvalue weighted by atomic mass is 14.3. The summed E-state index contributed by atoms with van der Waals surface area (Å²) in [6.45, 7) is 8.61. The Morgan fingerprint density at radius 3 is 1.75 bits per heavy atom. The molecule has 11 rings (SSSR count). The normalized spacial score (nSPS) is 13.5. The van der Waals surface area contributed by atoms with Crippen molar-refractivity contribution in [1.82, 2.24) is 0 Å². The fourth-order valence-electron chi connectivity index (χ4n) is 8.32. The molecule has 0 fully saturated rings. The molecule has 0 heterocycles. The highest BCUT2D eigenvalue weighted by molar-refractivity contribution is 6.08. The van der Waals surface area contributed by atoms with Gasteiger partial charge in [0.25, 0.3) is 0 Å². The van der Waals surface area contributed by atoms with E-state index in [-0.39, 0.29) is 0 Å². The highest BCUT2D eigenvalue weighted by Gasteiger charge is 2.28. The van der Waals surface area contributed by atoms with E-state index < -0.39 is 0 Å². The maximum atomic E-state index is 2.34. The monoisotopic (exact) mass is 720 g/mol. The lowest BCUT2D eigenvalue weighted by Gasteiger charge is -2.31. The van der Waals surface area contributed by atoms with E-state index in [1.54, 1.807) is 0 Å². The molecule has 0 saturated carbocycles. The predicted molar refractivity (Wildman–Crippen MR) is 245 cm³/mol. The number of allylic oxidation sites excluding steroid dienone is 4. The van der Waals surface area contributed by atoms with Gasteiger partial charge in [0, 0.05) is 5.92 Å². The van der Waals surface area contributed by atoms with Gasteiger partial charge >= 0.3 is 0 Å². The smallest absolute Gasteiger partial charge is 0.0136 e. The maximum absolute atomic E-state index is 2.34. The first-order chi connectivity index (χ1) is 27.4. The van der Waals surface area contributed by atoms with Gasteiger partial charge in [-0.25, -0.2) is 0 Å². The fraction of sp³-hybridized carbons (Fsp3) is 0.107. The maximum Gasteiger partial charge on any atom is 0.0136 e. The summed E-state index contributed by atoms with van der Waals surface area (Å²) >= 11 is 0. The first kappa shape index (κ1) is 36.5. The third-order valence-electron chi connectivity index (χ3n) is 11.2. The van der Waals surface area contributed by atoms with Crippen LogP contribution in [0.1, 0.15) is 45.7 Å². The minimum Gasteiger partial charge on any atom is -0.0836 e. The van der Waals surface area contributed by atoms with Crippen molar-refractivity contribution in [2.45, 2.75) is 40.0 Å². The van der Waals surface area contributed by atoms with E-state index >= 15 is 0 Å². The predicted octanol–water partition coefficient (Wildman–Crippen LogP) is 15.7. The molecule has 0 nitrogen and oxygen atoms in total. The van der Waals surface area contributed by atoms with Crippen LogP contribution in [0, 0.1) is 27.7 Å². The molecular formula is C56H48. The molecule has 0 N–H and O–H groups in total. The van der Waals surface area contributed by atoms with Gasteiger partial charge in [-0.1, -0.05) is 211 Å². The van der Waals surface area contributed by atoms with Crippen molar-refractivity contribution in [2.75, 3.05) is 0 Å². The van der Waals surface area contributed by atoms with Crippen LogP contribution in [0.3, 0.4) is 0 Å². The van der Waals surface area contributed by atoms with Gasteiger partial charge in [0.2, 0.25) is 0 Å². The fourth-order valence-corrected chi connectivity index (χ4v) is 8.32. The van der Waals surface area contributed by atoms with Crippen LogP contribution < -0.4 is 0 Å². The SMILES string of the molecule is Cc1cc2ccccc2c2ccccc12.Cc1ccc2c(c1)-c1ccccc1C1=CC=CCC12.Cc1ccc2ccccc2c1.Cc1cccc2ccccc12. The summed E-state index contributed by atoms with van der Waals surface area (Å²) in [6, 6.07) is 64.9. The molecule has 0 spiro atoms. The third kappa shape index (κ3) is 7.70. The summed E-state index contributed by atoms with van der Waals surface area (Å²) in [7, 11) is 0. The summed E-state index contributed by atoms with van der Waals surface area (Å²) in [5, 5.41) is 10.7. The largest absolute Gasteiger partial charge is 0.0836 e. The molecule has 2 aliphatic carbocycles. The van der Waals surface area contributed by atoms with E-state index in [0.29, 0.717) is 5.92 Å².